The van der Waals surface area contributed by atoms with Gasteiger partial charge in [-0.15, -0.1) is 0 Å². The lowest BCUT2D eigenvalue weighted by Gasteiger charge is -2.52. The lowest BCUT2D eigenvalue weighted by molar-refractivity contribution is -0.147. The summed E-state index contributed by atoms with van der Waals surface area (Å²) in [6, 6.07) is 0. The molecule has 1 fully saturated rings. The molecule has 0 saturated heterocycles. The number of esters is 1. The highest BCUT2D eigenvalue weighted by molar-refractivity contribution is 5.84. The molecule has 0 aliphatic heterocycles. The lowest BCUT2D eigenvalue weighted by atomic mass is 9.52. The molecule has 4 heteroatoms. The molecular weight excluding hydrogens is 280 g/mol. The normalized spacial score (nSPS) is 36.3. The van der Waals surface area contributed by atoms with Gasteiger partial charge in [-0.2, -0.15) is 0 Å². The van der Waals surface area contributed by atoms with E-state index >= 15 is 0 Å². The van der Waals surface area contributed by atoms with Crippen molar-refractivity contribution < 1.29 is 19.1 Å². The summed E-state index contributed by atoms with van der Waals surface area (Å²) in [4.78, 5) is 23.7. The number of ether oxygens (including phenoxy) is 2. The van der Waals surface area contributed by atoms with E-state index in [1.54, 1.807) is 7.11 Å². The van der Waals surface area contributed by atoms with Gasteiger partial charge in [-0.25, -0.2) is 0 Å². The highest BCUT2D eigenvalue weighted by Crippen LogP contribution is 2.55. The van der Waals surface area contributed by atoms with Crippen LogP contribution < -0.4 is 0 Å². The number of rotatable bonds is 4. The molecule has 0 N–H and O–H groups in total. The fourth-order valence-electron chi connectivity index (χ4n) is 4.41. The summed E-state index contributed by atoms with van der Waals surface area (Å²) in [5.74, 6) is 0.340. The molecule has 2 rings (SSSR count). The van der Waals surface area contributed by atoms with Crippen molar-refractivity contribution in [3.8, 4) is 0 Å². The van der Waals surface area contributed by atoms with Crippen LogP contribution in [0.4, 0.5) is 0 Å². The number of hydrogen-bond acceptors (Lipinski definition) is 4. The van der Waals surface area contributed by atoms with Crippen molar-refractivity contribution in [2.75, 3.05) is 13.7 Å². The Balaban J connectivity index is 2.31. The molecule has 0 aromatic carbocycles. The number of carbonyl (C=O) groups excluding carboxylic acids is 2. The van der Waals surface area contributed by atoms with Crippen LogP contribution in [0.5, 0.6) is 0 Å². The predicted molar refractivity (Wildman–Crippen MR) is 84.3 cm³/mol. The van der Waals surface area contributed by atoms with Crippen LogP contribution in [0.2, 0.25) is 0 Å². The van der Waals surface area contributed by atoms with Crippen molar-refractivity contribution in [2.24, 2.45) is 23.2 Å². The minimum absolute atomic E-state index is 0.0339. The van der Waals surface area contributed by atoms with Crippen molar-refractivity contribution in [1.29, 1.82) is 0 Å². The molecule has 124 valence electrons. The van der Waals surface area contributed by atoms with E-state index in [0.717, 1.165) is 12.8 Å². The monoisotopic (exact) mass is 308 g/mol. The number of methoxy groups -OCH3 is 1. The molecule has 0 amide bonds. The molecule has 0 spiro atoms. The van der Waals surface area contributed by atoms with Gasteiger partial charge in [0.15, 0.2) is 0 Å². The minimum atomic E-state index is -0.285. The van der Waals surface area contributed by atoms with Crippen LogP contribution in [-0.2, 0) is 19.1 Å². The third-order valence-electron chi connectivity index (χ3n) is 5.74. The SMILES string of the molecule is COC1C=C2CCC(=O)C(C(C)COC(C)=O)C2(C)C(C)C1. The summed E-state index contributed by atoms with van der Waals surface area (Å²) in [6.07, 6.45) is 4.71. The van der Waals surface area contributed by atoms with Crippen LogP contribution in [0.15, 0.2) is 11.6 Å². The molecule has 2 aliphatic carbocycles. The second-order valence-corrected chi connectivity index (χ2v) is 7.11. The largest absolute Gasteiger partial charge is 0.466 e. The van der Waals surface area contributed by atoms with Crippen molar-refractivity contribution in [3.63, 3.8) is 0 Å². The van der Waals surface area contributed by atoms with E-state index in [1.807, 2.05) is 6.92 Å². The topological polar surface area (TPSA) is 52.6 Å². The zero-order valence-corrected chi connectivity index (χ0v) is 14.3. The van der Waals surface area contributed by atoms with Gasteiger partial charge in [-0.1, -0.05) is 32.4 Å². The van der Waals surface area contributed by atoms with E-state index in [9.17, 15) is 9.59 Å². The number of hydrogen-bond donors (Lipinski definition) is 0. The minimum Gasteiger partial charge on any atom is -0.466 e. The van der Waals surface area contributed by atoms with E-state index in [2.05, 4.69) is 19.9 Å². The van der Waals surface area contributed by atoms with E-state index < -0.39 is 0 Å². The van der Waals surface area contributed by atoms with Gasteiger partial charge in [0.1, 0.15) is 5.78 Å². The maximum atomic E-state index is 12.6. The third-order valence-corrected chi connectivity index (χ3v) is 5.74. The molecule has 0 aromatic rings. The zero-order valence-electron chi connectivity index (χ0n) is 14.3. The Bertz CT molecular complexity index is 481. The van der Waals surface area contributed by atoms with Gasteiger partial charge in [0.25, 0.3) is 0 Å². The third kappa shape index (κ3) is 2.98. The van der Waals surface area contributed by atoms with Crippen LogP contribution in [-0.4, -0.2) is 31.6 Å². The molecule has 22 heavy (non-hydrogen) atoms. The Morgan fingerprint density at radius 2 is 2.14 bits per heavy atom. The molecule has 5 unspecified atom stereocenters. The van der Waals surface area contributed by atoms with E-state index in [0.29, 0.717) is 24.7 Å². The summed E-state index contributed by atoms with van der Waals surface area (Å²) in [7, 11) is 1.74. The van der Waals surface area contributed by atoms with E-state index in [4.69, 9.17) is 9.47 Å². The molecule has 4 nitrogen and oxygen atoms in total. The Morgan fingerprint density at radius 1 is 1.45 bits per heavy atom. The Hall–Kier alpha value is -1.16. The molecule has 0 radical (unpaired) electrons. The summed E-state index contributed by atoms with van der Waals surface area (Å²) < 4.78 is 10.7. The maximum absolute atomic E-state index is 12.6. The molecule has 1 saturated carbocycles. The molecule has 5 atom stereocenters. The molecule has 2 aliphatic rings. The first kappa shape index (κ1) is 17.2. The zero-order chi connectivity index (χ0) is 16.5. The summed E-state index contributed by atoms with van der Waals surface area (Å²) in [5.41, 5.74) is 1.20. The van der Waals surface area contributed by atoms with Gasteiger partial charge in [0.05, 0.1) is 12.7 Å². The van der Waals surface area contributed by atoms with Crippen LogP contribution in [0.25, 0.3) is 0 Å². The maximum Gasteiger partial charge on any atom is 0.302 e. The number of ketones is 1. The quantitative estimate of drug-likeness (QED) is 0.591. The molecule has 0 bridgehead atoms. The molecular formula is C18H28O4. The standard InChI is InChI=1S/C18H28O4/c1-11(10-22-13(3)19)17-16(20)7-6-14-9-15(21-5)8-12(2)18(14,17)4/h9,11-12,15,17H,6-8,10H2,1-5H3. The summed E-state index contributed by atoms with van der Waals surface area (Å²) in [6.45, 7) is 8.17. The Kier molecular flexibility index (Phi) is 5.10. The second-order valence-electron chi connectivity index (χ2n) is 7.11. The Morgan fingerprint density at radius 3 is 2.73 bits per heavy atom. The van der Waals surface area contributed by atoms with Crippen LogP contribution in [0.3, 0.4) is 0 Å². The van der Waals surface area contributed by atoms with Gasteiger partial charge in [0, 0.05) is 37.7 Å². The van der Waals surface area contributed by atoms with E-state index in [1.165, 1.54) is 12.5 Å². The smallest absolute Gasteiger partial charge is 0.302 e. The van der Waals surface area contributed by atoms with Crippen LogP contribution in [0, 0.1) is 23.2 Å². The van der Waals surface area contributed by atoms with Gasteiger partial charge in [0.2, 0.25) is 0 Å². The highest BCUT2D eigenvalue weighted by atomic mass is 16.5. The fraction of sp³-hybridized carbons (Fsp3) is 0.778. The van der Waals surface area contributed by atoms with Crippen LogP contribution in [0.1, 0.15) is 47.0 Å². The first-order valence-electron chi connectivity index (χ1n) is 8.20. The van der Waals surface area contributed by atoms with Crippen molar-refractivity contribution >= 4 is 11.8 Å². The van der Waals surface area contributed by atoms with Crippen molar-refractivity contribution in [2.45, 2.75) is 53.1 Å². The molecule has 0 heterocycles. The average molecular weight is 308 g/mol. The molecule has 0 aromatic heterocycles. The summed E-state index contributed by atoms with van der Waals surface area (Å²) in [5, 5.41) is 0. The van der Waals surface area contributed by atoms with Gasteiger partial charge in [-0.3, -0.25) is 9.59 Å². The van der Waals surface area contributed by atoms with Gasteiger partial charge in [-0.05, 0) is 18.8 Å². The van der Waals surface area contributed by atoms with Gasteiger partial charge >= 0.3 is 5.97 Å². The first-order valence-corrected chi connectivity index (χ1v) is 8.20. The average Bonchev–Trinajstić information content (AvgIpc) is 2.46. The van der Waals surface area contributed by atoms with Crippen molar-refractivity contribution in [3.05, 3.63) is 11.6 Å². The summed E-state index contributed by atoms with van der Waals surface area (Å²) >= 11 is 0. The number of carbonyl (C=O) groups is 2. The fourth-order valence-corrected chi connectivity index (χ4v) is 4.41. The first-order chi connectivity index (χ1) is 10.3. The second kappa shape index (κ2) is 6.53. The van der Waals surface area contributed by atoms with Crippen molar-refractivity contribution in [1.82, 2.24) is 0 Å². The van der Waals surface area contributed by atoms with Gasteiger partial charge < -0.3 is 9.47 Å². The lowest BCUT2D eigenvalue weighted by Crippen LogP contribution is -2.50. The van der Waals surface area contributed by atoms with Crippen LogP contribution >= 0.6 is 0 Å². The predicted octanol–water partition coefficient (Wildman–Crippen LogP) is 3.15. The number of allylic oxidation sites excluding steroid dienone is 1. The number of Topliss-reactive ketones (excluding diaryl/α,β-unsaturated/α-hetero) is 1. The van der Waals surface area contributed by atoms with E-state index in [-0.39, 0.29) is 29.3 Å². The Labute approximate surface area is 133 Å². The highest BCUT2D eigenvalue weighted by Gasteiger charge is 2.52. The number of fused-ring (bicyclic) bond motifs is 1.